The monoisotopic (exact) mass is 196 g/mol. The van der Waals surface area contributed by atoms with Gasteiger partial charge in [-0.05, 0) is 19.1 Å². The zero-order valence-electron chi connectivity index (χ0n) is 7.57. The third-order valence-corrected chi connectivity index (χ3v) is 1.53. The zero-order chi connectivity index (χ0) is 10.6. The quantitative estimate of drug-likeness (QED) is 0.418. The summed E-state index contributed by atoms with van der Waals surface area (Å²) >= 11 is 0. The number of esters is 1. The van der Waals surface area contributed by atoms with Crippen LogP contribution >= 0.6 is 0 Å². The molecule has 0 N–H and O–H groups in total. The van der Waals surface area contributed by atoms with Crippen molar-refractivity contribution in [1.29, 1.82) is 0 Å². The maximum atomic E-state index is 12.8. The van der Waals surface area contributed by atoms with Gasteiger partial charge in [0.05, 0.1) is 0 Å². The van der Waals surface area contributed by atoms with Gasteiger partial charge in [0.25, 0.3) is 6.17 Å². The lowest BCUT2D eigenvalue weighted by Crippen LogP contribution is -2.27. The lowest BCUT2D eigenvalue weighted by molar-refractivity contribution is -0.144. The van der Waals surface area contributed by atoms with Gasteiger partial charge in [0.15, 0.2) is 5.78 Å². The number of hydrogen-bond acceptors (Lipinski definition) is 3. The Balaban J connectivity index is 2.62. The van der Waals surface area contributed by atoms with Crippen LogP contribution in [0.3, 0.4) is 0 Å². The Hall–Kier alpha value is -1.71. The van der Waals surface area contributed by atoms with E-state index in [1.54, 1.807) is 18.2 Å². The van der Waals surface area contributed by atoms with Crippen LogP contribution in [0.2, 0.25) is 0 Å². The molecule has 1 aromatic rings. The van der Waals surface area contributed by atoms with Gasteiger partial charge in [-0.1, -0.05) is 18.2 Å². The van der Waals surface area contributed by atoms with E-state index in [2.05, 4.69) is 4.74 Å². The van der Waals surface area contributed by atoms with E-state index >= 15 is 0 Å². The first-order valence-corrected chi connectivity index (χ1v) is 4.02. The van der Waals surface area contributed by atoms with E-state index in [1.807, 2.05) is 0 Å². The molecule has 14 heavy (non-hydrogen) atoms. The normalized spacial score (nSPS) is 11.9. The second-order valence-electron chi connectivity index (χ2n) is 2.71. The maximum absolute atomic E-state index is 12.8. The number of ether oxygens (including phenoxy) is 1. The summed E-state index contributed by atoms with van der Waals surface area (Å²) in [5.74, 6) is -1.81. The van der Waals surface area contributed by atoms with Crippen LogP contribution in [-0.2, 0) is 9.59 Å². The molecule has 0 aliphatic rings. The molecule has 0 aliphatic heterocycles. The molecule has 0 amide bonds. The molecule has 0 aromatic heterocycles. The number of para-hydroxylation sites is 1. The van der Waals surface area contributed by atoms with Gasteiger partial charge in [-0.25, -0.2) is 9.18 Å². The van der Waals surface area contributed by atoms with Crippen molar-refractivity contribution < 1.29 is 18.7 Å². The van der Waals surface area contributed by atoms with Crippen LogP contribution in [0.25, 0.3) is 0 Å². The third kappa shape index (κ3) is 2.65. The number of ketones is 1. The fourth-order valence-corrected chi connectivity index (χ4v) is 0.822. The van der Waals surface area contributed by atoms with Crippen molar-refractivity contribution in [2.45, 2.75) is 13.1 Å². The number of carbonyl (C=O) groups excluding carboxylic acids is 2. The highest BCUT2D eigenvalue weighted by Crippen LogP contribution is 2.10. The van der Waals surface area contributed by atoms with Crippen LogP contribution in [0.4, 0.5) is 4.39 Å². The van der Waals surface area contributed by atoms with E-state index in [9.17, 15) is 14.0 Å². The molecule has 3 nitrogen and oxygen atoms in total. The molecule has 1 unspecified atom stereocenters. The van der Waals surface area contributed by atoms with Crippen LogP contribution < -0.4 is 4.74 Å². The molecule has 0 spiro atoms. The minimum atomic E-state index is -2.20. The van der Waals surface area contributed by atoms with Crippen molar-refractivity contribution in [3.05, 3.63) is 30.3 Å². The van der Waals surface area contributed by atoms with E-state index in [1.165, 1.54) is 12.1 Å². The smallest absolute Gasteiger partial charge is 0.353 e. The predicted molar refractivity (Wildman–Crippen MR) is 47.7 cm³/mol. The Bertz CT molecular complexity index is 334. The summed E-state index contributed by atoms with van der Waals surface area (Å²) in [5.41, 5.74) is 0. The largest absolute Gasteiger partial charge is 0.424 e. The molecular weight excluding hydrogens is 187 g/mol. The summed E-state index contributed by atoms with van der Waals surface area (Å²) in [6, 6.07) is 8.03. The van der Waals surface area contributed by atoms with Gasteiger partial charge in [-0.3, -0.25) is 4.79 Å². The predicted octanol–water partition coefficient (Wildman–Crippen LogP) is 1.52. The van der Waals surface area contributed by atoms with Gasteiger partial charge in [0.1, 0.15) is 5.75 Å². The molecule has 0 aliphatic carbocycles. The second-order valence-corrected chi connectivity index (χ2v) is 2.71. The summed E-state index contributed by atoms with van der Waals surface area (Å²) in [4.78, 5) is 21.4. The number of hydrogen-bond donors (Lipinski definition) is 0. The number of halogens is 1. The molecule has 0 saturated carbocycles. The van der Waals surface area contributed by atoms with E-state index in [-0.39, 0.29) is 5.75 Å². The average molecular weight is 196 g/mol. The van der Waals surface area contributed by atoms with Gasteiger partial charge < -0.3 is 4.74 Å². The van der Waals surface area contributed by atoms with Gasteiger partial charge in [-0.2, -0.15) is 0 Å². The Morgan fingerprint density at radius 3 is 2.36 bits per heavy atom. The number of alkyl halides is 1. The van der Waals surface area contributed by atoms with E-state index in [0.29, 0.717) is 0 Å². The van der Waals surface area contributed by atoms with Crippen LogP contribution in [-0.4, -0.2) is 17.9 Å². The SMILES string of the molecule is CC(=O)C(F)C(=O)Oc1ccccc1. The van der Waals surface area contributed by atoms with E-state index in [4.69, 9.17) is 0 Å². The van der Waals surface area contributed by atoms with Crippen molar-refractivity contribution in [1.82, 2.24) is 0 Å². The zero-order valence-corrected chi connectivity index (χ0v) is 7.57. The number of carbonyl (C=O) groups is 2. The highest BCUT2D eigenvalue weighted by Gasteiger charge is 2.24. The standard InChI is InChI=1S/C10H9FO3/c1-7(12)9(11)10(13)14-8-5-3-2-4-6-8/h2-6,9H,1H3. The first kappa shape index (κ1) is 10.4. The number of Topliss-reactive ketones (excluding diaryl/α,β-unsaturated/α-hetero) is 1. The van der Waals surface area contributed by atoms with Crippen LogP contribution in [0.1, 0.15) is 6.92 Å². The van der Waals surface area contributed by atoms with Crippen molar-refractivity contribution in [2.24, 2.45) is 0 Å². The summed E-state index contributed by atoms with van der Waals surface area (Å²) in [5, 5.41) is 0. The molecule has 0 heterocycles. The molecule has 1 aromatic carbocycles. The molecule has 4 heteroatoms. The second kappa shape index (κ2) is 4.50. The minimum Gasteiger partial charge on any atom is -0.424 e. The maximum Gasteiger partial charge on any atom is 0.353 e. The Morgan fingerprint density at radius 1 is 1.29 bits per heavy atom. The van der Waals surface area contributed by atoms with Gasteiger partial charge in [-0.15, -0.1) is 0 Å². The Morgan fingerprint density at radius 2 is 1.86 bits per heavy atom. The van der Waals surface area contributed by atoms with Gasteiger partial charge in [0.2, 0.25) is 0 Å². The fourth-order valence-electron chi connectivity index (χ4n) is 0.822. The lowest BCUT2D eigenvalue weighted by atomic mass is 10.3. The van der Waals surface area contributed by atoms with Gasteiger partial charge in [0, 0.05) is 0 Å². The fraction of sp³-hybridized carbons (Fsp3) is 0.200. The first-order chi connectivity index (χ1) is 6.61. The number of benzene rings is 1. The minimum absolute atomic E-state index is 0.224. The lowest BCUT2D eigenvalue weighted by Gasteiger charge is -2.04. The summed E-state index contributed by atoms with van der Waals surface area (Å²) in [7, 11) is 0. The molecule has 1 atom stereocenters. The van der Waals surface area contributed by atoms with E-state index in [0.717, 1.165) is 6.92 Å². The molecule has 0 radical (unpaired) electrons. The number of rotatable bonds is 3. The van der Waals surface area contributed by atoms with Crippen molar-refractivity contribution in [3.63, 3.8) is 0 Å². The van der Waals surface area contributed by atoms with Crippen molar-refractivity contribution in [3.8, 4) is 5.75 Å². The van der Waals surface area contributed by atoms with Crippen LogP contribution in [0, 0.1) is 0 Å². The molecule has 0 bridgehead atoms. The van der Waals surface area contributed by atoms with Crippen LogP contribution in [0.5, 0.6) is 5.75 Å². The molecule has 0 saturated heterocycles. The third-order valence-electron chi connectivity index (χ3n) is 1.53. The van der Waals surface area contributed by atoms with Crippen molar-refractivity contribution >= 4 is 11.8 Å². The average Bonchev–Trinajstić information content (AvgIpc) is 2.18. The van der Waals surface area contributed by atoms with Crippen LogP contribution in [0.15, 0.2) is 30.3 Å². The van der Waals surface area contributed by atoms with Crippen molar-refractivity contribution in [2.75, 3.05) is 0 Å². The topological polar surface area (TPSA) is 43.4 Å². The molecule has 74 valence electrons. The Kier molecular flexibility index (Phi) is 3.34. The summed E-state index contributed by atoms with van der Waals surface area (Å²) in [6.45, 7) is 0.997. The molecule has 0 fully saturated rings. The van der Waals surface area contributed by atoms with E-state index < -0.39 is 17.9 Å². The molecule has 1 rings (SSSR count). The van der Waals surface area contributed by atoms with Gasteiger partial charge >= 0.3 is 5.97 Å². The first-order valence-electron chi connectivity index (χ1n) is 4.02. The Labute approximate surface area is 80.5 Å². The molecular formula is C10H9FO3. The highest BCUT2D eigenvalue weighted by molar-refractivity contribution is 6.01. The highest BCUT2D eigenvalue weighted by atomic mass is 19.1. The summed E-state index contributed by atoms with van der Waals surface area (Å²) < 4.78 is 17.4. The summed E-state index contributed by atoms with van der Waals surface area (Å²) in [6.07, 6.45) is -2.20.